The standard InChI is InChI=1S/C7H9BrO3/c1-2-10-4-6-5(8)3-7(9)11-6/h3,6H,2,4H2,1H3. The number of rotatable bonds is 3. The largest absolute Gasteiger partial charge is 0.451 e. The average Bonchev–Trinajstić information content (AvgIpc) is 2.26. The molecule has 0 radical (unpaired) electrons. The van der Waals surface area contributed by atoms with Crippen molar-refractivity contribution in [1.82, 2.24) is 0 Å². The summed E-state index contributed by atoms with van der Waals surface area (Å²) in [7, 11) is 0. The van der Waals surface area contributed by atoms with E-state index in [2.05, 4.69) is 15.9 Å². The lowest BCUT2D eigenvalue weighted by molar-refractivity contribution is -0.140. The Morgan fingerprint density at radius 2 is 2.55 bits per heavy atom. The van der Waals surface area contributed by atoms with Gasteiger partial charge < -0.3 is 9.47 Å². The van der Waals surface area contributed by atoms with Crippen molar-refractivity contribution in [1.29, 1.82) is 0 Å². The maximum Gasteiger partial charge on any atom is 0.332 e. The first-order valence-electron chi connectivity index (χ1n) is 3.39. The van der Waals surface area contributed by atoms with E-state index in [1.165, 1.54) is 6.08 Å². The maximum absolute atomic E-state index is 10.6. The lowest BCUT2D eigenvalue weighted by Gasteiger charge is -2.09. The molecule has 0 aromatic carbocycles. The fraction of sp³-hybridized carbons (Fsp3) is 0.571. The normalized spacial score (nSPS) is 23.3. The van der Waals surface area contributed by atoms with Crippen LogP contribution in [0.3, 0.4) is 0 Å². The van der Waals surface area contributed by atoms with Gasteiger partial charge in [-0.1, -0.05) is 15.9 Å². The van der Waals surface area contributed by atoms with Crippen LogP contribution < -0.4 is 0 Å². The summed E-state index contributed by atoms with van der Waals surface area (Å²) in [5, 5.41) is 0. The SMILES string of the molecule is CCOCC1OC(=O)C=C1Br. The summed E-state index contributed by atoms with van der Waals surface area (Å²) in [6.45, 7) is 2.96. The predicted molar refractivity (Wildman–Crippen MR) is 43.4 cm³/mol. The van der Waals surface area contributed by atoms with Gasteiger partial charge in [0.2, 0.25) is 0 Å². The number of carbonyl (C=O) groups is 1. The van der Waals surface area contributed by atoms with Gasteiger partial charge in [0.1, 0.15) is 0 Å². The van der Waals surface area contributed by atoms with Crippen LogP contribution in [0.1, 0.15) is 6.92 Å². The van der Waals surface area contributed by atoms with E-state index in [4.69, 9.17) is 9.47 Å². The highest BCUT2D eigenvalue weighted by molar-refractivity contribution is 9.11. The van der Waals surface area contributed by atoms with Gasteiger partial charge >= 0.3 is 5.97 Å². The van der Waals surface area contributed by atoms with E-state index in [1.54, 1.807) is 0 Å². The van der Waals surface area contributed by atoms with Gasteiger partial charge in [0.15, 0.2) is 6.10 Å². The molecule has 0 saturated carbocycles. The zero-order valence-corrected chi connectivity index (χ0v) is 7.76. The minimum absolute atomic E-state index is 0.234. The first kappa shape index (κ1) is 8.74. The summed E-state index contributed by atoms with van der Waals surface area (Å²) < 4.78 is 10.7. The molecule has 0 aromatic rings. The van der Waals surface area contributed by atoms with Gasteiger partial charge in [-0.3, -0.25) is 0 Å². The van der Waals surface area contributed by atoms with Crippen LogP contribution in [0.5, 0.6) is 0 Å². The molecule has 0 amide bonds. The Hall–Kier alpha value is -0.350. The fourth-order valence-corrected chi connectivity index (χ4v) is 1.19. The molecule has 1 heterocycles. The molecule has 0 spiro atoms. The van der Waals surface area contributed by atoms with Crippen LogP contribution in [0.25, 0.3) is 0 Å². The van der Waals surface area contributed by atoms with E-state index in [0.29, 0.717) is 13.2 Å². The van der Waals surface area contributed by atoms with Crippen LogP contribution >= 0.6 is 15.9 Å². The first-order valence-corrected chi connectivity index (χ1v) is 4.18. The minimum atomic E-state index is -0.304. The van der Waals surface area contributed by atoms with Gasteiger partial charge in [0.05, 0.1) is 6.61 Å². The van der Waals surface area contributed by atoms with Gasteiger partial charge in [-0.25, -0.2) is 4.79 Å². The third-order valence-electron chi connectivity index (χ3n) is 1.30. The number of hydrogen-bond acceptors (Lipinski definition) is 3. The molecule has 0 bridgehead atoms. The summed E-state index contributed by atoms with van der Waals surface area (Å²) >= 11 is 3.21. The Morgan fingerprint density at radius 3 is 3.00 bits per heavy atom. The monoisotopic (exact) mass is 220 g/mol. The van der Waals surface area contributed by atoms with Gasteiger partial charge in [-0.2, -0.15) is 0 Å². The van der Waals surface area contributed by atoms with Gasteiger partial charge in [0, 0.05) is 17.2 Å². The van der Waals surface area contributed by atoms with Crippen molar-refractivity contribution in [3.63, 3.8) is 0 Å². The van der Waals surface area contributed by atoms with Gasteiger partial charge in [0.25, 0.3) is 0 Å². The van der Waals surface area contributed by atoms with Gasteiger partial charge in [-0.15, -0.1) is 0 Å². The maximum atomic E-state index is 10.6. The molecule has 1 rings (SSSR count). The molecule has 0 aromatic heterocycles. The van der Waals surface area contributed by atoms with E-state index in [0.717, 1.165) is 4.48 Å². The van der Waals surface area contributed by atoms with Crippen molar-refractivity contribution in [2.75, 3.05) is 13.2 Å². The van der Waals surface area contributed by atoms with Crippen molar-refractivity contribution in [2.45, 2.75) is 13.0 Å². The summed E-state index contributed by atoms with van der Waals surface area (Å²) in [4.78, 5) is 10.6. The molecule has 3 nitrogen and oxygen atoms in total. The summed E-state index contributed by atoms with van der Waals surface area (Å²) in [6, 6.07) is 0. The van der Waals surface area contributed by atoms with E-state index < -0.39 is 0 Å². The zero-order valence-electron chi connectivity index (χ0n) is 6.17. The van der Waals surface area contributed by atoms with Crippen molar-refractivity contribution < 1.29 is 14.3 Å². The summed E-state index contributed by atoms with van der Waals surface area (Å²) in [5.74, 6) is -0.304. The Morgan fingerprint density at radius 1 is 1.82 bits per heavy atom. The van der Waals surface area contributed by atoms with Gasteiger partial charge in [-0.05, 0) is 6.92 Å². The highest BCUT2D eigenvalue weighted by Crippen LogP contribution is 2.21. The molecule has 62 valence electrons. The van der Waals surface area contributed by atoms with Crippen LogP contribution in [0.4, 0.5) is 0 Å². The van der Waals surface area contributed by atoms with Crippen molar-refractivity contribution in [3.05, 3.63) is 10.6 Å². The Balaban J connectivity index is 2.38. The fourth-order valence-electron chi connectivity index (χ4n) is 0.775. The van der Waals surface area contributed by atoms with E-state index in [-0.39, 0.29) is 12.1 Å². The first-order chi connectivity index (χ1) is 5.24. The molecule has 1 atom stereocenters. The predicted octanol–water partition coefficient (Wildman–Crippen LogP) is 1.23. The third-order valence-corrected chi connectivity index (χ3v) is 2.03. The molecule has 4 heteroatoms. The molecular weight excluding hydrogens is 212 g/mol. The Labute approximate surface area is 73.5 Å². The lowest BCUT2D eigenvalue weighted by Crippen LogP contribution is -2.17. The molecule has 1 unspecified atom stereocenters. The second-order valence-electron chi connectivity index (χ2n) is 2.11. The number of carbonyl (C=O) groups excluding carboxylic acids is 1. The number of halogens is 1. The molecule has 0 saturated heterocycles. The molecule has 1 aliphatic heterocycles. The topological polar surface area (TPSA) is 35.5 Å². The Kier molecular flexibility index (Phi) is 3.08. The van der Waals surface area contributed by atoms with Crippen LogP contribution in [0.2, 0.25) is 0 Å². The summed E-state index contributed by atoms with van der Waals surface area (Å²) in [6.07, 6.45) is 1.19. The van der Waals surface area contributed by atoms with Crippen LogP contribution in [0.15, 0.2) is 10.6 Å². The number of esters is 1. The third kappa shape index (κ3) is 2.31. The lowest BCUT2D eigenvalue weighted by atomic mass is 10.4. The molecule has 0 N–H and O–H groups in total. The van der Waals surface area contributed by atoms with E-state index in [9.17, 15) is 4.79 Å². The van der Waals surface area contributed by atoms with Crippen LogP contribution in [-0.4, -0.2) is 25.3 Å². The molecule has 0 fully saturated rings. The smallest absolute Gasteiger partial charge is 0.332 e. The zero-order chi connectivity index (χ0) is 8.27. The minimum Gasteiger partial charge on any atom is -0.451 e. The van der Waals surface area contributed by atoms with Crippen molar-refractivity contribution in [2.24, 2.45) is 0 Å². The highest BCUT2D eigenvalue weighted by Gasteiger charge is 2.23. The quantitative estimate of drug-likeness (QED) is 0.672. The molecule has 1 aliphatic rings. The Bertz CT molecular complexity index is 188. The number of cyclic esters (lactones) is 1. The molecule has 0 aliphatic carbocycles. The number of ether oxygens (including phenoxy) is 2. The second-order valence-corrected chi connectivity index (χ2v) is 3.03. The molecule has 11 heavy (non-hydrogen) atoms. The average molecular weight is 221 g/mol. The van der Waals surface area contributed by atoms with Crippen molar-refractivity contribution >= 4 is 21.9 Å². The van der Waals surface area contributed by atoms with Crippen molar-refractivity contribution in [3.8, 4) is 0 Å². The molecular formula is C7H9BrO3. The summed E-state index contributed by atoms with van der Waals surface area (Å²) in [5.41, 5.74) is 0. The highest BCUT2D eigenvalue weighted by atomic mass is 79.9. The van der Waals surface area contributed by atoms with E-state index >= 15 is 0 Å². The van der Waals surface area contributed by atoms with Crippen LogP contribution in [-0.2, 0) is 14.3 Å². The second kappa shape index (κ2) is 3.88. The van der Waals surface area contributed by atoms with E-state index in [1.807, 2.05) is 6.92 Å². The number of hydrogen-bond donors (Lipinski definition) is 0. The van der Waals surface area contributed by atoms with Crippen LogP contribution in [0, 0.1) is 0 Å².